The highest BCUT2D eigenvalue weighted by Gasteiger charge is 1.84. The Morgan fingerprint density at radius 3 is 2.21 bits per heavy atom. The molecule has 80 valence electrons. The van der Waals surface area contributed by atoms with Gasteiger partial charge in [0.25, 0.3) is 0 Å². The first-order valence-electron chi connectivity index (χ1n) is 4.98. The van der Waals surface area contributed by atoms with E-state index in [4.69, 9.17) is 9.84 Å². The molecule has 0 aliphatic heterocycles. The Bertz CT molecular complexity index is 195. The Balaban J connectivity index is 0.000000292. The summed E-state index contributed by atoms with van der Waals surface area (Å²) in [5, 5.41) is 8.07. The molecular formula is C12H20O2. The molecule has 1 rings (SSSR count). The lowest BCUT2D eigenvalue weighted by molar-refractivity contribution is 0.185. The maximum Gasteiger partial charge on any atom is 0.0713 e. The molecule has 0 amide bonds. The van der Waals surface area contributed by atoms with Gasteiger partial charge in [-0.2, -0.15) is 0 Å². The van der Waals surface area contributed by atoms with Crippen LogP contribution in [0.4, 0.5) is 0 Å². The number of benzene rings is 1. The predicted molar refractivity (Wildman–Crippen MR) is 59.1 cm³/mol. The average Bonchev–Trinajstić information content (AvgIpc) is 2.22. The van der Waals surface area contributed by atoms with Crippen molar-refractivity contribution < 1.29 is 9.84 Å². The van der Waals surface area contributed by atoms with Crippen molar-refractivity contribution in [3.63, 3.8) is 0 Å². The third-order valence-corrected chi connectivity index (χ3v) is 1.67. The largest absolute Gasteiger partial charge is 0.396 e. The third kappa shape index (κ3) is 7.77. The van der Waals surface area contributed by atoms with Crippen LogP contribution in [0, 0.1) is 0 Å². The lowest BCUT2D eigenvalue weighted by Gasteiger charge is -1.95. The van der Waals surface area contributed by atoms with Crippen molar-refractivity contribution in [3.05, 3.63) is 35.9 Å². The quantitative estimate of drug-likeness (QED) is 0.802. The first-order valence-corrected chi connectivity index (χ1v) is 4.98. The van der Waals surface area contributed by atoms with E-state index in [1.54, 1.807) is 7.11 Å². The van der Waals surface area contributed by atoms with Crippen LogP contribution in [-0.4, -0.2) is 18.8 Å². The van der Waals surface area contributed by atoms with Gasteiger partial charge in [0.2, 0.25) is 0 Å². The fourth-order valence-corrected chi connectivity index (χ4v) is 0.899. The van der Waals surface area contributed by atoms with Crippen molar-refractivity contribution in [3.8, 4) is 0 Å². The van der Waals surface area contributed by atoms with E-state index in [2.05, 4.69) is 6.92 Å². The Morgan fingerprint density at radius 2 is 1.86 bits per heavy atom. The van der Waals surface area contributed by atoms with Crippen molar-refractivity contribution in [2.24, 2.45) is 0 Å². The van der Waals surface area contributed by atoms with E-state index in [-0.39, 0.29) is 0 Å². The molecule has 1 aromatic carbocycles. The van der Waals surface area contributed by atoms with Gasteiger partial charge < -0.3 is 9.84 Å². The minimum atomic E-state index is 0.344. The average molecular weight is 196 g/mol. The summed E-state index contributed by atoms with van der Waals surface area (Å²) in [5.74, 6) is 0. The molecule has 0 aliphatic carbocycles. The lowest BCUT2D eigenvalue weighted by atomic mass is 10.2. The van der Waals surface area contributed by atoms with Gasteiger partial charge in [0, 0.05) is 13.7 Å². The Hall–Kier alpha value is -0.860. The Morgan fingerprint density at radius 1 is 1.21 bits per heavy atom. The molecule has 0 fully saturated rings. The molecule has 1 aromatic rings. The number of hydrogen-bond acceptors (Lipinski definition) is 2. The standard InChI is InChI=1S/C8H10O.C4H10O/c1-9-7-8-5-3-2-4-6-8;1-2-3-4-5/h2-6H,7H2,1H3;5H,2-4H2,1H3. The Labute approximate surface area is 86.5 Å². The predicted octanol–water partition coefficient (Wildman–Crippen LogP) is 2.61. The maximum absolute atomic E-state index is 8.07. The molecule has 2 heteroatoms. The minimum Gasteiger partial charge on any atom is -0.396 e. The van der Waals surface area contributed by atoms with Crippen LogP contribution in [0.1, 0.15) is 25.3 Å². The number of aliphatic hydroxyl groups excluding tert-OH is 1. The summed E-state index contributed by atoms with van der Waals surface area (Å²) in [6, 6.07) is 10.1. The van der Waals surface area contributed by atoms with Crippen molar-refractivity contribution in [1.82, 2.24) is 0 Å². The van der Waals surface area contributed by atoms with Crippen LogP contribution in [0.25, 0.3) is 0 Å². The fourth-order valence-electron chi connectivity index (χ4n) is 0.899. The monoisotopic (exact) mass is 196 g/mol. The van der Waals surface area contributed by atoms with Crippen LogP contribution in [0.2, 0.25) is 0 Å². The molecular weight excluding hydrogens is 176 g/mol. The minimum absolute atomic E-state index is 0.344. The third-order valence-electron chi connectivity index (χ3n) is 1.67. The number of hydrogen-bond donors (Lipinski definition) is 1. The molecule has 0 saturated carbocycles. The highest BCUT2D eigenvalue weighted by Crippen LogP contribution is 1.98. The van der Waals surface area contributed by atoms with Gasteiger partial charge >= 0.3 is 0 Å². The fraction of sp³-hybridized carbons (Fsp3) is 0.500. The smallest absolute Gasteiger partial charge is 0.0713 e. The number of ether oxygens (including phenoxy) is 1. The van der Waals surface area contributed by atoms with Gasteiger partial charge in [-0.3, -0.25) is 0 Å². The molecule has 0 atom stereocenters. The number of rotatable bonds is 4. The highest BCUT2D eigenvalue weighted by atomic mass is 16.5. The first-order chi connectivity index (χ1) is 6.85. The van der Waals surface area contributed by atoms with Crippen LogP contribution in [0.3, 0.4) is 0 Å². The van der Waals surface area contributed by atoms with Gasteiger partial charge in [0.05, 0.1) is 6.61 Å². The molecule has 0 saturated heterocycles. The highest BCUT2D eigenvalue weighted by molar-refractivity contribution is 5.13. The topological polar surface area (TPSA) is 29.5 Å². The molecule has 0 aliphatic rings. The molecule has 0 aromatic heterocycles. The molecule has 1 N–H and O–H groups in total. The summed E-state index contributed by atoms with van der Waals surface area (Å²) < 4.78 is 4.93. The van der Waals surface area contributed by atoms with E-state index in [9.17, 15) is 0 Å². The molecule has 0 radical (unpaired) electrons. The van der Waals surface area contributed by atoms with Gasteiger partial charge in [-0.1, -0.05) is 43.7 Å². The van der Waals surface area contributed by atoms with E-state index in [1.807, 2.05) is 30.3 Å². The zero-order valence-corrected chi connectivity index (χ0v) is 9.07. The zero-order chi connectivity index (χ0) is 10.6. The summed E-state index contributed by atoms with van der Waals surface area (Å²) in [4.78, 5) is 0. The second-order valence-corrected chi connectivity index (χ2v) is 3.00. The van der Waals surface area contributed by atoms with E-state index in [1.165, 1.54) is 5.56 Å². The van der Waals surface area contributed by atoms with Crippen molar-refractivity contribution >= 4 is 0 Å². The van der Waals surface area contributed by atoms with Gasteiger partial charge in [-0.15, -0.1) is 0 Å². The van der Waals surface area contributed by atoms with E-state index in [0.717, 1.165) is 12.8 Å². The summed E-state index contributed by atoms with van der Waals surface area (Å²) in [6.07, 6.45) is 2.04. The number of unbranched alkanes of at least 4 members (excludes halogenated alkanes) is 1. The second kappa shape index (κ2) is 10.2. The second-order valence-electron chi connectivity index (χ2n) is 3.00. The van der Waals surface area contributed by atoms with E-state index in [0.29, 0.717) is 13.2 Å². The van der Waals surface area contributed by atoms with E-state index < -0.39 is 0 Å². The van der Waals surface area contributed by atoms with E-state index >= 15 is 0 Å². The van der Waals surface area contributed by atoms with Gasteiger partial charge in [0.1, 0.15) is 0 Å². The molecule has 0 unspecified atom stereocenters. The number of methoxy groups -OCH3 is 1. The molecule has 0 spiro atoms. The van der Waals surface area contributed by atoms with Crippen molar-refractivity contribution in [2.45, 2.75) is 26.4 Å². The SMILES string of the molecule is CCCCO.COCc1ccccc1. The molecule has 0 bridgehead atoms. The van der Waals surface area contributed by atoms with Crippen LogP contribution >= 0.6 is 0 Å². The van der Waals surface area contributed by atoms with Crippen molar-refractivity contribution in [2.75, 3.05) is 13.7 Å². The van der Waals surface area contributed by atoms with Crippen LogP contribution < -0.4 is 0 Å². The number of aliphatic hydroxyl groups is 1. The van der Waals surface area contributed by atoms with Gasteiger partial charge in [-0.25, -0.2) is 0 Å². The summed E-state index contributed by atoms with van der Waals surface area (Å²) in [5.41, 5.74) is 1.22. The zero-order valence-electron chi connectivity index (χ0n) is 9.07. The Kier molecular flexibility index (Phi) is 9.59. The van der Waals surface area contributed by atoms with Crippen molar-refractivity contribution in [1.29, 1.82) is 0 Å². The van der Waals surface area contributed by atoms with Gasteiger partial charge in [0.15, 0.2) is 0 Å². The maximum atomic E-state index is 8.07. The van der Waals surface area contributed by atoms with Gasteiger partial charge in [-0.05, 0) is 12.0 Å². The molecule has 14 heavy (non-hydrogen) atoms. The molecule has 0 heterocycles. The lowest BCUT2D eigenvalue weighted by Crippen LogP contribution is -1.84. The van der Waals surface area contributed by atoms with Crippen LogP contribution in [0.15, 0.2) is 30.3 Å². The first kappa shape index (κ1) is 13.1. The summed E-state index contributed by atoms with van der Waals surface area (Å²) in [7, 11) is 1.70. The summed E-state index contributed by atoms with van der Waals surface area (Å²) >= 11 is 0. The van der Waals surface area contributed by atoms with Crippen LogP contribution in [0.5, 0.6) is 0 Å². The normalized spacial score (nSPS) is 9.07. The molecule has 2 nitrogen and oxygen atoms in total. The summed E-state index contributed by atoms with van der Waals surface area (Å²) in [6.45, 7) is 3.10. The van der Waals surface area contributed by atoms with Crippen LogP contribution in [-0.2, 0) is 11.3 Å².